The number of alkyl halides is 1. The summed E-state index contributed by atoms with van der Waals surface area (Å²) >= 11 is 5.50. The molecule has 0 amide bonds. The van der Waals surface area contributed by atoms with Crippen molar-refractivity contribution >= 4 is 27.3 Å². The van der Waals surface area contributed by atoms with Gasteiger partial charge in [-0.25, -0.2) is 0 Å². The van der Waals surface area contributed by atoms with E-state index in [4.69, 9.17) is 4.74 Å². The number of aryl methyl sites for hydroxylation is 2. The van der Waals surface area contributed by atoms with Crippen LogP contribution >= 0.6 is 27.3 Å². The van der Waals surface area contributed by atoms with E-state index in [9.17, 15) is 0 Å². The average Bonchev–Trinajstić information content (AvgIpc) is 2.82. The van der Waals surface area contributed by atoms with Crippen LogP contribution < -0.4 is 4.74 Å². The van der Waals surface area contributed by atoms with Crippen molar-refractivity contribution in [3.63, 3.8) is 0 Å². The second-order valence-corrected chi connectivity index (χ2v) is 6.53. The van der Waals surface area contributed by atoms with Crippen molar-refractivity contribution in [3.8, 4) is 5.75 Å². The maximum atomic E-state index is 5.22. The van der Waals surface area contributed by atoms with Gasteiger partial charge in [0.15, 0.2) is 0 Å². The molecule has 0 aliphatic heterocycles. The Morgan fingerprint density at radius 2 is 2.00 bits per heavy atom. The molecular formula is C15H17BrOS. The Labute approximate surface area is 121 Å². The lowest BCUT2D eigenvalue weighted by molar-refractivity contribution is 0.416. The molecule has 1 nitrogen and oxygen atoms in total. The Hall–Kier alpha value is -0.800. The van der Waals surface area contributed by atoms with Crippen molar-refractivity contribution in [2.75, 3.05) is 7.11 Å². The summed E-state index contributed by atoms with van der Waals surface area (Å²) in [4.78, 5) is 1.67. The first-order valence-electron chi connectivity index (χ1n) is 5.92. The Morgan fingerprint density at radius 3 is 2.61 bits per heavy atom. The smallest absolute Gasteiger partial charge is 0.129 e. The van der Waals surface area contributed by atoms with Gasteiger partial charge in [-0.2, -0.15) is 0 Å². The molecule has 96 valence electrons. The summed E-state index contributed by atoms with van der Waals surface area (Å²) < 4.78 is 5.22. The summed E-state index contributed by atoms with van der Waals surface area (Å²) in [5.74, 6) is 0.944. The monoisotopic (exact) mass is 324 g/mol. The first kappa shape index (κ1) is 13.6. The number of ether oxygens (including phenoxy) is 1. The summed E-state index contributed by atoms with van der Waals surface area (Å²) in [6, 6.07) is 8.78. The van der Waals surface area contributed by atoms with Gasteiger partial charge in [0, 0.05) is 10.3 Å². The number of methoxy groups -OCH3 is 1. The highest BCUT2D eigenvalue weighted by Gasteiger charge is 2.12. The van der Waals surface area contributed by atoms with Crippen LogP contribution in [0.25, 0.3) is 0 Å². The minimum Gasteiger partial charge on any atom is -0.496 e. The van der Waals surface area contributed by atoms with Crippen LogP contribution in [0.4, 0.5) is 0 Å². The van der Waals surface area contributed by atoms with Gasteiger partial charge in [0.2, 0.25) is 0 Å². The number of thiophene rings is 1. The van der Waals surface area contributed by atoms with Gasteiger partial charge in [-0.3, -0.25) is 0 Å². The third-order valence-electron chi connectivity index (χ3n) is 3.13. The van der Waals surface area contributed by atoms with Gasteiger partial charge in [-0.1, -0.05) is 34.1 Å². The molecule has 0 aliphatic carbocycles. The third-order valence-corrected chi connectivity index (χ3v) is 5.27. The molecule has 0 spiro atoms. The molecule has 0 bridgehead atoms. The average molecular weight is 325 g/mol. The Bertz CT molecular complexity index is 533. The largest absolute Gasteiger partial charge is 0.496 e. The quantitative estimate of drug-likeness (QED) is 0.715. The SMILES string of the molecule is COc1csc(C(Br)Cc2ccc(C)c(C)c2)c1. The standard InChI is InChI=1S/C15H17BrOS/c1-10-4-5-12(6-11(10)2)7-14(16)15-8-13(17-3)9-18-15/h4-6,8-9,14H,7H2,1-3H3. The van der Waals surface area contributed by atoms with Crippen LogP contribution in [0.5, 0.6) is 5.75 Å². The van der Waals surface area contributed by atoms with Crippen molar-refractivity contribution in [3.05, 3.63) is 51.2 Å². The zero-order chi connectivity index (χ0) is 13.1. The van der Waals surface area contributed by atoms with Crippen molar-refractivity contribution in [2.45, 2.75) is 25.1 Å². The van der Waals surface area contributed by atoms with Crippen LogP contribution in [0.2, 0.25) is 0 Å². The van der Waals surface area contributed by atoms with E-state index < -0.39 is 0 Å². The van der Waals surface area contributed by atoms with Gasteiger partial charge in [-0.15, -0.1) is 11.3 Å². The van der Waals surface area contributed by atoms with E-state index in [-0.39, 0.29) is 0 Å². The van der Waals surface area contributed by atoms with Crippen molar-refractivity contribution in [2.24, 2.45) is 0 Å². The molecule has 1 aromatic heterocycles. The molecular weight excluding hydrogens is 308 g/mol. The van der Waals surface area contributed by atoms with Crippen LogP contribution in [-0.2, 0) is 6.42 Å². The third kappa shape index (κ3) is 3.15. The molecule has 3 heteroatoms. The molecule has 0 radical (unpaired) electrons. The Balaban J connectivity index is 2.10. The molecule has 0 N–H and O–H groups in total. The Kier molecular flexibility index (Phi) is 4.46. The lowest BCUT2D eigenvalue weighted by Crippen LogP contribution is -1.94. The van der Waals surface area contributed by atoms with Crippen LogP contribution in [0, 0.1) is 13.8 Å². The van der Waals surface area contributed by atoms with Crippen LogP contribution in [0.15, 0.2) is 29.6 Å². The summed E-state index contributed by atoms with van der Waals surface area (Å²) in [5.41, 5.74) is 4.07. The van der Waals surface area contributed by atoms with Crippen molar-refractivity contribution in [1.82, 2.24) is 0 Å². The molecule has 1 aromatic carbocycles. The molecule has 0 saturated carbocycles. The molecule has 0 aliphatic rings. The van der Waals surface area contributed by atoms with Gasteiger partial charge in [0.05, 0.1) is 11.9 Å². The molecule has 2 rings (SSSR count). The number of hydrogen-bond donors (Lipinski definition) is 0. The number of halogens is 1. The van der Waals surface area contributed by atoms with E-state index in [0.717, 1.165) is 12.2 Å². The lowest BCUT2D eigenvalue weighted by Gasteiger charge is -2.09. The van der Waals surface area contributed by atoms with Crippen molar-refractivity contribution < 1.29 is 4.74 Å². The van der Waals surface area contributed by atoms with Gasteiger partial charge in [0.1, 0.15) is 5.75 Å². The zero-order valence-electron chi connectivity index (χ0n) is 10.9. The van der Waals surface area contributed by atoms with Crippen LogP contribution in [-0.4, -0.2) is 7.11 Å². The van der Waals surface area contributed by atoms with Crippen molar-refractivity contribution in [1.29, 1.82) is 0 Å². The normalized spacial score (nSPS) is 12.4. The summed E-state index contributed by atoms with van der Waals surface area (Å²) in [6.45, 7) is 4.31. The molecule has 1 unspecified atom stereocenters. The number of hydrogen-bond acceptors (Lipinski definition) is 2. The maximum Gasteiger partial charge on any atom is 0.129 e. The number of rotatable bonds is 4. The molecule has 0 saturated heterocycles. The van der Waals surface area contributed by atoms with Gasteiger partial charge in [-0.05, 0) is 43.0 Å². The zero-order valence-corrected chi connectivity index (χ0v) is 13.3. The highest BCUT2D eigenvalue weighted by atomic mass is 79.9. The van der Waals surface area contributed by atoms with Crippen LogP contribution in [0.3, 0.4) is 0 Å². The highest BCUT2D eigenvalue weighted by Crippen LogP contribution is 2.34. The topological polar surface area (TPSA) is 9.23 Å². The van der Waals surface area contributed by atoms with E-state index in [1.165, 1.54) is 21.6 Å². The summed E-state index contributed by atoms with van der Waals surface area (Å²) in [7, 11) is 1.71. The fourth-order valence-corrected chi connectivity index (χ4v) is 3.51. The van der Waals surface area contributed by atoms with Gasteiger partial charge in [0.25, 0.3) is 0 Å². The second-order valence-electron chi connectivity index (χ2n) is 4.48. The van der Waals surface area contributed by atoms with E-state index in [1.54, 1.807) is 18.4 Å². The van der Waals surface area contributed by atoms with Gasteiger partial charge >= 0.3 is 0 Å². The predicted molar refractivity (Wildman–Crippen MR) is 82.2 cm³/mol. The van der Waals surface area contributed by atoms with E-state index in [1.807, 2.05) is 5.38 Å². The first-order valence-corrected chi connectivity index (χ1v) is 7.72. The fourth-order valence-electron chi connectivity index (χ4n) is 1.84. The maximum absolute atomic E-state index is 5.22. The lowest BCUT2D eigenvalue weighted by atomic mass is 10.0. The minimum absolute atomic E-state index is 0.355. The molecule has 1 atom stereocenters. The number of benzene rings is 1. The summed E-state index contributed by atoms with van der Waals surface area (Å²) in [5, 5.41) is 2.05. The van der Waals surface area contributed by atoms with Gasteiger partial charge < -0.3 is 4.74 Å². The highest BCUT2D eigenvalue weighted by molar-refractivity contribution is 9.09. The minimum atomic E-state index is 0.355. The van der Waals surface area contributed by atoms with E-state index in [0.29, 0.717) is 4.83 Å². The van der Waals surface area contributed by atoms with Crippen LogP contribution in [0.1, 0.15) is 26.4 Å². The summed E-state index contributed by atoms with van der Waals surface area (Å²) in [6.07, 6.45) is 1.00. The fraction of sp³-hybridized carbons (Fsp3) is 0.333. The molecule has 1 heterocycles. The van der Waals surface area contributed by atoms with E-state index in [2.05, 4.69) is 54.0 Å². The second kappa shape index (κ2) is 5.89. The molecule has 0 fully saturated rings. The Morgan fingerprint density at radius 1 is 1.22 bits per heavy atom. The molecule has 18 heavy (non-hydrogen) atoms. The van der Waals surface area contributed by atoms with E-state index >= 15 is 0 Å². The predicted octanol–water partition coefficient (Wildman–Crippen LogP) is 5.05. The molecule has 2 aromatic rings. The first-order chi connectivity index (χ1) is 8.60.